The molecule has 1 aromatic heterocycles. The first-order valence-corrected chi connectivity index (χ1v) is 9.21. The van der Waals surface area contributed by atoms with Crippen LogP contribution in [0.3, 0.4) is 0 Å². The second kappa shape index (κ2) is 7.66. The highest BCUT2D eigenvalue weighted by Crippen LogP contribution is 2.33. The number of aliphatic carboxylic acids is 1. The van der Waals surface area contributed by atoms with Gasteiger partial charge in [0.05, 0.1) is 29.0 Å². The van der Waals surface area contributed by atoms with Crippen molar-refractivity contribution in [1.82, 2.24) is 0 Å². The molecule has 0 unspecified atom stereocenters. The largest absolute Gasteiger partial charge is 0.491 e. The summed E-state index contributed by atoms with van der Waals surface area (Å²) in [5.74, 6) is -0.138. The lowest BCUT2D eigenvalue weighted by Gasteiger charge is -2.08. The number of carboxylic acids is 1. The molecule has 3 aromatic rings. The average Bonchev–Trinajstić information content (AvgIpc) is 3.46. The van der Waals surface area contributed by atoms with Gasteiger partial charge in [-0.25, -0.2) is 0 Å². The third-order valence-electron chi connectivity index (χ3n) is 4.58. The van der Waals surface area contributed by atoms with Gasteiger partial charge in [0.25, 0.3) is 0 Å². The van der Waals surface area contributed by atoms with Gasteiger partial charge in [-0.2, -0.15) is 0 Å². The predicted octanol–water partition coefficient (Wildman–Crippen LogP) is 3.98. The Bertz CT molecular complexity index is 1070. The van der Waals surface area contributed by atoms with Crippen molar-refractivity contribution in [3.8, 4) is 17.1 Å². The Morgan fingerprint density at radius 3 is 2.68 bits per heavy atom. The third kappa shape index (κ3) is 3.88. The highest BCUT2D eigenvalue weighted by atomic mass is 35.5. The Morgan fingerprint density at radius 1 is 1.18 bits per heavy atom. The number of hydrogen-bond donors (Lipinski definition) is 1. The van der Waals surface area contributed by atoms with Gasteiger partial charge in [-0.1, -0.05) is 17.7 Å². The number of benzene rings is 2. The normalized spacial score (nSPS) is 18.2. The second-order valence-corrected chi connectivity index (χ2v) is 6.96. The molecular formula is C21H17ClO6. The fourth-order valence-electron chi connectivity index (χ4n) is 2.98. The minimum atomic E-state index is -0.817. The number of fused-ring (bicyclic) bond motifs is 1. The number of ether oxygens (including phenoxy) is 2. The van der Waals surface area contributed by atoms with Crippen LogP contribution in [0.1, 0.15) is 6.42 Å². The summed E-state index contributed by atoms with van der Waals surface area (Å²) in [6, 6.07) is 13.6. The number of carbonyl (C=O) groups is 1. The van der Waals surface area contributed by atoms with E-state index in [2.05, 4.69) is 0 Å². The van der Waals surface area contributed by atoms with E-state index < -0.39 is 5.97 Å². The van der Waals surface area contributed by atoms with E-state index in [1.807, 2.05) is 0 Å². The van der Waals surface area contributed by atoms with Gasteiger partial charge in [-0.3, -0.25) is 9.59 Å². The first kappa shape index (κ1) is 18.5. The van der Waals surface area contributed by atoms with Crippen molar-refractivity contribution < 1.29 is 23.8 Å². The van der Waals surface area contributed by atoms with E-state index in [0.717, 1.165) is 5.56 Å². The quantitative estimate of drug-likeness (QED) is 0.604. The van der Waals surface area contributed by atoms with E-state index in [1.54, 1.807) is 42.5 Å². The van der Waals surface area contributed by atoms with Crippen LogP contribution in [-0.2, 0) is 9.53 Å². The van der Waals surface area contributed by atoms with Crippen LogP contribution in [0.2, 0.25) is 5.02 Å². The van der Waals surface area contributed by atoms with Crippen molar-refractivity contribution in [2.75, 3.05) is 13.2 Å². The lowest BCUT2D eigenvalue weighted by molar-refractivity contribution is -0.139. The molecule has 144 valence electrons. The molecule has 0 spiro atoms. The molecule has 2 aromatic carbocycles. The summed E-state index contributed by atoms with van der Waals surface area (Å²) in [6.07, 6.45) is 0.358. The molecule has 0 saturated heterocycles. The molecule has 0 amide bonds. The van der Waals surface area contributed by atoms with E-state index in [4.69, 9.17) is 30.6 Å². The lowest BCUT2D eigenvalue weighted by Crippen LogP contribution is -2.11. The molecule has 1 fully saturated rings. The van der Waals surface area contributed by atoms with E-state index in [9.17, 15) is 9.59 Å². The number of hydrogen-bond acceptors (Lipinski definition) is 5. The number of para-hydroxylation sites is 1. The Kier molecular flexibility index (Phi) is 5.07. The minimum absolute atomic E-state index is 0.157. The summed E-state index contributed by atoms with van der Waals surface area (Å²) in [7, 11) is 0. The summed E-state index contributed by atoms with van der Waals surface area (Å²) in [5.41, 5.74) is 0.935. The van der Waals surface area contributed by atoms with Crippen LogP contribution in [-0.4, -0.2) is 30.4 Å². The molecule has 1 aliphatic rings. The molecule has 0 bridgehead atoms. The Morgan fingerprint density at radius 2 is 1.96 bits per heavy atom. The highest BCUT2D eigenvalue weighted by molar-refractivity contribution is 6.34. The number of carboxylic acid groups (broad SMARTS) is 1. The highest BCUT2D eigenvalue weighted by Gasteiger charge is 2.44. The zero-order valence-electron chi connectivity index (χ0n) is 14.8. The van der Waals surface area contributed by atoms with E-state index in [1.165, 1.54) is 6.07 Å². The SMILES string of the molecule is O=C(O)[C@@H]1C[C@H]1OCCOc1ccc(-c2cc(=O)c3cccc(Cl)c3o2)cc1. The van der Waals surface area contributed by atoms with Crippen molar-refractivity contribution in [2.45, 2.75) is 12.5 Å². The molecule has 7 heteroatoms. The molecule has 28 heavy (non-hydrogen) atoms. The van der Waals surface area contributed by atoms with Crippen molar-refractivity contribution in [3.05, 3.63) is 63.8 Å². The van der Waals surface area contributed by atoms with Gasteiger partial charge in [0.2, 0.25) is 0 Å². The van der Waals surface area contributed by atoms with Gasteiger partial charge in [-0.15, -0.1) is 0 Å². The van der Waals surface area contributed by atoms with Gasteiger partial charge in [0, 0.05) is 11.6 Å². The summed E-state index contributed by atoms with van der Waals surface area (Å²) < 4.78 is 16.9. The van der Waals surface area contributed by atoms with Crippen molar-refractivity contribution in [1.29, 1.82) is 0 Å². The first-order chi connectivity index (χ1) is 13.5. The van der Waals surface area contributed by atoms with Crippen LogP contribution in [0.25, 0.3) is 22.3 Å². The predicted molar refractivity (Wildman–Crippen MR) is 104 cm³/mol. The smallest absolute Gasteiger partial charge is 0.309 e. The summed E-state index contributed by atoms with van der Waals surface area (Å²) in [4.78, 5) is 23.0. The van der Waals surface area contributed by atoms with Crippen molar-refractivity contribution >= 4 is 28.5 Å². The maximum atomic E-state index is 12.3. The summed E-state index contributed by atoms with van der Waals surface area (Å²) >= 11 is 6.14. The number of halogens is 1. The molecular weight excluding hydrogens is 384 g/mol. The molecule has 4 rings (SSSR count). The fraction of sp³-hybridized carbons (Fsp3) is 0.238. The fourth-order valence-corrected chi connectivity index (χ4v) is 3.19. The third-order valence-corrected chi connectivity index (χ3v) is 4.88. The van der Waals surface area contributed by atoms with Gasteiger partial charge in [-0.05, 0) is 42.8 Å². The van der Waals surface area contributed by atoms with E-state index in [-0.39, 0.29) is 17.5 Å². The van der Waals surface area contributed by atoms with Crippen LogP contribution in [0.15, 0.2) is 57.7 Å². The maximum Gasteiger partial charge on any atom is 0.309 e. The zero-order valence-corrected chi connectivity index (χ0v) is 15.5. The maximum absolute atomic E-state index is 12.3. The average molecular weight is 401 g/mol. The molecule has 1 saturated carbocycles. The van der Waals surface area contributed by atoms with Crippen molar-refractivity contribution in [3.63, 3.8) is 0 Å². The first-order valence-electron chi connectivity index (χ1n) is 8.83. The van der Waals surface area contributed by atoms with Gasteiger partial charge < -0.3 is 19.0 Å². The molecule has 0 aliphatic heterocycles. The standard InChI is InChI=1S/C21H17ClO6/c22-16-3-1-2-14-17(23)11-18(28-20(14)16)12-4-6-13(7-5-12)26-8-9-27-19-10-15(19)21(24)25/h1-7,11,15,19H,8-10H2,(H,24,25)/t15-,19-/m1/s1. The Balaban J connectivity index is 1.39. The van der Waals surface area contributed by atoms with Crippen molar-refractivity contribution in [2.24, 2.45) is 5.92 Å². The molecule has 1 aliphatic carbocycles. The van der Waals surface area contributed by atoms with Gasteiger partial charge in [0.1, 0.15) is 18.1 Å². The van der Waals surface area contributed by atoms with Crippen LogP contribution >= 0.6 is 11.6 Å². The summed E-state index contributed by atoms with van der Waals surface area (Å²) in [6.45, 7) is 0.650. The van der Waals surface area contributed by atoms with E-state index in [0.29, 0.717) is 47.1 Å². The topological polar surface area (TPSA) is 86.0 Å². The van der Waals surface area contributed by atoms with Crippen LogP contribution in [0, 0.1) is 5.92 Å². The monoisotopic (exact) mass is 400 g/mol. The van der Waals surface area contributed by atoms with E-state index >= 15 is 0 Å². The van der Waals surface area contributed by atoms with Crippen LogP contribution < -0.4 is 10.2 Å². The lowest BCUT2D eigenvalue weighted by atomic mass is 10.1. The minimum Gasteiger partial charge on any atom is -0.491 e. The zero-order chi connectivity index (χ0) is 19.7. The molecule has 0 radical (unpaired) electrons. The number of rotatable bonds is 7. The Hall–Kier alpha value is -2.83. The second-order valence-electron chi connectivity index (χ2n) is 6.55. The van der Waals surface area contributed by atoms with Gasteiger partial charge in [0.15, 0.2) is 11.0 Å². The molecule has 2 atom stereocenters. The van der Waals surface area contributed by atoms with Crippen LogP contribution in [0.4, 0.5) is 0 Å². The summed E-state index contributed by atoms with van der Waals surface area (Å²) in [5, 5.41) is 9.65. The molecule has 6 nitrogen and oxygen atoms in total. The molecule has 1 N–H and O–H groups in total. The van der Waals surface area contributed by atoms with Crippen LogP contribution in [0.5, 0.6) is 5.75 Å². The molecule has 1 heterocycles. The van der Waals surface area contributed by atoms with Gasteiger partial charge >= 0.3 is 5.97 Å². The Labute approximate surface area is 165 Å².